The van der Waals surface area contributed by atoms with Crippen molar-refractivity contribution in [3.05, 3.63) is 279 Å². The van der Waals surface area contributed by atoms with Gasteiger partial charge in [0.1, 0.15) is 0 Å². The van der Waals surface area contributed by atoms with E-state index in [1.807, 2.05) is 36.4 Å². The Bertz CT molecular complexity index is 5320. The van der Waals surface area contributed by atoms with Gasteiger partial charge in [-0.25, -0.2) is 15.0 Å². The molecule has 0 atom stereocenters. The lowest BCUT2D eigenvalue weighted by molar-refractivity contribution is 1.07. The monoisotopic (exact) mass is 1030 g/mol. The fourth-order valence-corrected chi connectivity index (χ4v) is 13.0. The van der Waals surface area contributed by atoms with Crippen LogP contribution in [-0.4, -0.2) is 28.7 Å². The maximum absolute atomic E-state index is 5.09. The van der Waals surface area contributed by atoms with E-state index in [0.717, 1.165) is 44.7 Å². The van der Waals surface area contributed by atoms with Crippen LogP contribution in [0.4, 0.5) is 0 Å². The molecule has 0 saturated heterocycles. The Morgan fingerprint density at radius 1 is 0.173 bits per heavy atom. The van der Waals surface area contributed by atoms with E-state index in [0.29, 0.717) is 17.5 Å². The van der Waals surface area contributed by atoms with Crippen LogP contribution in [0.5, 0.6) is 0 Å². The van der Waals surface area contributed by atoms with Gasteiger partial charge in [-0.05, 0) is 134 Å². The molecule has 4 heterocycles. The number of aromatic nitrogens is 6. The van der Waals surface area contributed by atoms with Crippen molar-refractivity contribution >= 4 is 97.7 Å². The van der Waals surface area contributed by atoms with Gasteiger partial charge in [-0.2, -0.15) is 0 Å². The quantitative estimate of drug-likeness (QED) is 0.150. The second-order valence-electron chi connectivity index (χ2n) is 21.1. The van der Waals surface area contributed by atoms with Crippen LogP contribution >= 0.6 is 0 Å². The molecule has 0 N–H and O–H groups in total. The highest BCUT2D eigenvalue weighted by Crippen LogP contribution is 2.43. The standard InChI is InChI=1S/C75H46N6/c1-4-18-47(19-5-1)73-76-74(48-20-6-2-7-21-48)78-75(77-73)51-32-37-57-58-38-35-53(45-63(58)56-25-11-10-24-55(56)62(57)44-51)80-68-30-16-12-26-59(68)64-42-49(33-39-70(64)80)50-34-40-71-65(43-50)60-27-13-17-31-69(60)81(71)54-36-41-72-66(46-54)61-28-14-15-29-67(61)79(72)52-22-8-3-9-23-52/h1-46H. The van der Waals surface area contributed by atoms with E-state index in [-0.39, 0.29) is 0 Å². The van der Waals surface area contributed by atoms with Crippen LogP contribution in [0.25, 0.3) is 160 Å². The Hall–Kier alpha value is -11.0. The number of hydrogen-bond acceptors (Lipinski definition) is 3. The Morgan fingerprint density at radius 3 is 0.988 bits per heavy atom. The van der Waals surface area contributed by atoms with Crippen LogP contribution in [0.3, 0.4) is 0 Å². The lowest BCUT2D eigenvalue weighted by Gasteiger charge is -2.15. The van der Waals surface area contributed by atoms with Crippen LogP contribution in [0.1, 0.15) is 0 Å². The molecule has 13 aromatic carbocycles. The van der Waals surface area contributed by atoms with Crippen molar-refractivity contribution in [1.82, 2.24) is 28.7 Å². The molecule has 0 unspecified atom stereocenters. The molecular formula is C75H46N6. The first-order valence-electron chi connectivity index (χ1n) is 27.6. The molecule has 6 nitrogen and oxygen atoms in total. The van der Waals surface area contributed by atoms with Crippen LogP contribution in [0.2, 0.25) is 0 Å². The number of rotatable bonds is 7. The summed E-state index contributed by atoms with van der Waals surface area (Å²) in [6.07, 6.45) is 0. The van der Waals surface area contributed by atoms with Gasteiger partial charge in [0.2, 0.25) is 0 Å². The van der Waals surface area contributed by atoms with Gasteiger partial charge in [0.05, 0.1) is 33.1 Å². The third-order valence-electron chi connectivity index (χ3n) is 16.6. The highest BCUT2D eigenvalue weighted by molar-refractivity contribution is 6.26. The van der Waals surface area contributed by atoms with E-state index in [1.54, 1.807) is 0 Å². The maximum atomic E-state index is 5.09. The molecule has 0 bridgehead atoms. The molecule has 4 aromatic heterocycles. The Morgan fingerprint density at radius 2 is 0.481 bits per heavy atom. The van der Waals surface area contributed by atoms with Crippen LogP contribution < -0.4 is 0 Å². The molecule has 0 aliphatic heterocycles. The van der Waals surface area contributed by atoms with Gasteiger partial charge in [-0.3, -0.25) is 0 Å². The van der Waals surface area contributed by atoms with Gasteiger partial charge in [0.15, 0.2) is 17.5 Å². The first-order chi connectivity index (χ1) is 40.2. The summed E-state index contributed by atoms with van der Waals surface area (Å²) < 4.78 is 7.26. The number of nitrogens with zero attached hydrogens (tertiary/aromatic N) is 6. The number of hydrogen-bond donors (Lipinski definition) is 0. The van der Waals surface area contributed by atoms with Crippen molar-refractivity contribution in [3.63, 3.8) is 0 Å². The average molecular weight is 1030 g/mol. The summed E-state index contributed by atoms with van der Waals surface area (Å²) in [6.45, 7) is 0. The van der Waals surface area contributed by atoms with E-state index >= 15 is 0 Å². The predicted molar refractivity (Wildman–Crippen MR) is 337 cm³/mol. The van der Waals surface area contributed by atoms with E-state index in [4.69, 9.17) is 15.0 Å². The van der Waals surface area contributed by atoms with Gasteiger partial charge in [-0.15, -0.1) is 0 Å². The summed E-state index contributed by atoms with van der Waals surface area (Å²) in [4.78, 5) is 15.1. The summed E-state index contributed by atoms with van der Waals surface area (Å²) in [5.41, 5.74) is 15.7. The smallest absolute Gasteiger partial charge is 0.164 e. The highest BCUT2D eigenvalue weighted by atomic mass is 15.0. The summed E-state index contributed by atoms with van der Waals surface area (Å²) in [7, 11) is 0. The maximum Gasteiger partial charge on any atom is 0.164 e. The normalized spacial score (nSPS) is 12.0. The Labute approximate surface area is 465 Å². The van der Waals surface area contributed by atoms with Crippen LogP contribution in [0.15, 0.2) is 279 Å². The third kappa shape index (κ3) is 7.04. The Balaban J connectivity index is 0.776. The van der Waals surface area contributed by atoms with E-state index in [1.165, 1.54) is 98.0 Å². The van der Waals surface area contributed by atoms with Gasteiger partial charge < -0.3 is 13.7 Å². The number of fused-ring (bicyclic) bond motifs is 15. The van der Waals surface area contributed by atoms with Crippen LogP contribution in [0, 0.1) is 0 Å². The summed E-state index contributed by atoms with van der Waals surface area (Å²) >= 11 is 0. The number of benzene rings is 13. The molecule has 0 aliphatic rings. The lowest BCUT2D eigenvalue weighted by Crippen LogP contribution is -2.00. The first-order valence-corrected chi connectivity index (χ1v) is 27.6. The van der Waals surface area contributed by atoms with Gasteiger partial charge in [0, 0.05) is 66.1 Å². The molecule has 0 spiro atoms. The van der Waals surface area contributed by atoms with Gasteiger partial charge in [-0.1, -0.05) is 188 Å². The average Bonchev–Trinajstić information content (AvgIpc) is 4.37. The summed E-state index contributed by atoms with van der Waals surface area (Å²) in [5.74, 6) is 1.93. The molecule has 6 heteroatoms. The van der Waals surface area contributed by atoms with E-state index in [2.05, 4.69) is 256 Å². The van der Waals surface area contributed by atoms with Crippen molar-refractivity contribution in [2.75, 3.05) is 0 Å². The molecule has 0 radical (unpaired) electrons. The fraction of sp³-hybridized carbons (Fsp3) is 0. The van der Waals surface area contributed by atoms with Crippen molar-refractivity contribution in [2.45, 2.75) is 0 Å². The molecule has 17 rings (SSSR count). The minimum Gasteiger partial charge on any atom is -0.309 e. The van der Waals surface area contributed by atoms with Crippen molar-refractivity contribution in [1.29, 1.82) is 0 Å². The second kappa shape index (κ2) is 17.8. The second-order valence-corrected chi connectivity index (χ2v) is 21.1. The summed E-state index contributed by atoms with van der Waals surface area (Å²) in [6, 6.07) is 101. The summed E-state index contributed by atoms with van der Waals surface area (Å²) in [5, 5.41) is 14.5. The molecule has 0 saturated carbocycles. The molecule has 0 fully saturated rings. The van der Waals surface area contributed by atoms with E-state index in [9.17, 15) is 0 Å². The fourth-order valence-electron chi connectivity index (χ4n) is 13.0. The molecule has 0 aliphatic carbocycles. The number of para-hydroxylation sites is 4. The molecule has 0 amide bonds. The predicted octanol–water partition coefficient (Wildman–Crippen LogP) is 19.3. The lowest BCUT2D eigenvalue weighted by atomic mass is 9.93. The Kier molecular flexibility index (Phi) is 9.91. The minimum absolute atomic E-state index is 0.640. The molecule has 81 heavy (non-hydrogen) atoms. The van der Waals surface area contributed by atoms with Gasteiger partial charge >= 0.3 is 0 Å². The van der Waals surface area contributed by atoms with Gasteiger partial charge in [0.25, 0.3) is 0 Å². The van der Waals surface area contributed by atoms with Crippen molar-refractivity contribution in [3.8, 4) is 62.4 Å². The van der Waals surface area contributed by atoms with Crippen molar-refractivity contribution in [2.24, 2.45) is 0 Å². The zero-order valence-corrected chi connectivity index (χ0v) is 43.7. The van der Waals surface area contributed by atoms with Crippen LogP contribution in [-0.2, 0) is 0 Å². The largest absolute Gasteiger partial charge is 0.309 e. The van der Waals surface area contributed by atoms with Crippen molar-refractivity contribution < 1.29 is 0 Å². The third-order valence-corrected chi connectivity index (χ3v) is 16.6. The van der Waals surface area contributed by atoms with E-state index < -0.39 is 0 Å². The molecular weight excluding hydrogens is 985 g/mol. The first kappa shape index (κ1) is 45.1. The topological polar surface area (TPSA) is 53.5 Å². The minimum atomic E-state index is 0.640. The molecule has 17 aromatic rings. The molecule has 376 valence electrons. The highest BCUT2D eigenvalue weighted by Gasteiger charge is 2.21. The zero-order valence-electron chi connectivity index (χ0n) is 43.7. The SMILES string of the molecule is c1ccc(-c2nc(-c3ccccc3)nc(-c3ccc4c5ccc(-n6c7ccccc7c7cc(-c8ccc9c(c8)c8ccccc8n9-c8ccc9c(c8)c8ccccc8n9-c8ccccc8)ccc76)cc5c5ccccc5c4c3)n2)cc1. The zero-order chi connectivity index (χ0) is 53.1.